The van der Waals surface area contributed by atoms with Crippen LogP contribution in [0.25, 0.3) is 16.7 Å². The van der Waals surface area contributed by atoms with E-state index in [0.29, 0.717) is 12.5 Å². The average molecular weight is 350 g/mol. The van der Waals surface area contributed by atoms with Gasteiger partial charge in [0, 0.05) is 12.2 Å². The number of benzene rings is 2. The zero-order valence-electron chi connectivity index (χ0n) is 14.7. The molecule has 0 radical (unpaired) electrons. The Morgan fingerprint density at radius 2 is 2.04 bits per heavy atom. The minimum absolute atomic E-state index is 0.0160. The van der Waals surface area contributed by atoms with Crippen molar-refractivity contribution in [2.24, 2.45) is 5.92 Å². The summed E-state index contributed by atoms with van der Waals surface area (Å²) in [6, 6.07) is 15.6. The van der Waals surface area contributed by atoms with Gasteiger partial charge < -0.3 is 10.1 Å². The highest BCUT2D eigenvalue weighted by Crippen LogP contribution is 2.26. The maximum absolute atomic E-state index is 12.7. The van der Waals surface area contributed by atoms with Gasteiger partial charge in [-0.1, -0.05) is 12.1 Å². The van der Waals surface area contributed by atoms with E-state index in [0.717, 1.165) is 41.9 Å². The van der Waals surface area contributed by atoms with Crippen LogP contribution in [0.3, 0.4) is 0 Å². The summed E-state index contributed by atoms with van der Waals surface area (Å²) in [6.07, 6.45) is 1.93. The first-order chi connectivity index (χ1) is 12.8. The van der Waals surface area contributed by atoms with Crippen LogP contribution in [0.15, 0.2) is 48.5 Å². The zero-order valence-corrected chi connectivity index (χ0v) is 14.7. The lowest BCUT2D eigenvalue weighted by atomic mass is 9.99. The fraction of sp³-hybridized carbons (Fsp3) is 0.300. The number of aromatic nitrogens is 2. The monoisotopic (exact) mass is 350 g/mol. The number of hydrogen-bond acceptors (Lipinski definition) is 4. The van der Waals surface area contributed by atoms with Gasteiger partial charge in [0.2, 0.25) is 11.9 Å². The summed E-state index contributed by atoms with van der Waals surface area (Å²) >= 11 is 0. The molecular weight excluding hydrogens is 328 g/mol. The summed E-state index contributed by atoms with van der Waals surface area (Å²) in [5.74, 6) is 1.33. The summed E-state index contributed by atoms with van der Waals surface area (Å²) < 4.78 is 7.22. The van der Waals surface area contributed by atoms with Gasteiger partial charge in [-0.05, 0) is 55.8 Å². The Morgan fingerprint density at radius 3 is 2.77 bits per heavy atom. The van der Waals surface area contributed by atoms with Crippen molar-refractivity contribution in [3.63, 3.8) is 0 Å². The molecule has 1 aliphatic rings. The van der Waals surface area contributed by atoms with Crippen LogP contribution in [-0.2, 0) is 4.79 Å². The molecule has 1 atom stereocenters. The number of fused-ring (bicyclic) bond motifs is 1. The Balaban J connectivity index is 1.72. The van der Waals surface area contributed by atoms with Crippen LogP contribution >= 0.6 is 0 Å². The van der Waals surface area contributed by atoms with Crippen LogP contribution in [0.5, 0.6) is 5.75 Å². The Labute approximate surface area is 152 Å². The van der Waals surface area contributed by atoms with Gasteiger partial charge in [0.15, 0.2) is 0 Å². The van der Waals surface area contributed by atoms with Crippen LogP contribution in [0.1, 0.15) is 12.8 Å². The molecule has 26 heavy (non-hydrogen) atoms. The van der Waals surface area contributed by atoms with Crippen molar-refractivity contribution in [1.82, 2.24) is 14.9 Å². The molecule has 6 heteroatoms. The van der Waals surface area contributed by atoms with Crippen LogP contribution in [0.2, 0.25) is 0 Å². The third kappa shape index (κ3) is 3.15. The number of nitrogens with zero attached hydrogens (tertiary/aromatic N) is 2. The quantitative estimate of drug-likeness (QED) is 0.759. The molecule has 1 saturated heterocycles. The molecule has 1 amide bonds. The van der Waals surface area contributed by atoms with Gasteiger partial charge in [-0.3, -0.25) is 14.7 Å². The number of para-hydroxylation sites is 2. The molecule has 0 saturated carbocycles. The number of nitrogens with one attached hydrogen (secondary N) is 2. The van der Waals surface area contributed by atoms with Gasteiger partial charge >= 0.3 is 0 Å². The predicted molar refractivity (Wildman–Crippen MR) is 102 cm³/mol. The molecule has 4 rings (SSSR count). The predicted octanol–water partition coefficient (Wildman–Crippen LogP) is 2.97. The molecule has 3 aromatic rings. The molecule has 0 bridgehead atoms. The number of rotatable bonds is 4. The van der Waals surface area contributed by atoms with Crippen LogP contribution in [0, 0.1) is 5.92 Å². The van der Waals surface area contributed by atoms with Gasteiger partial charge in [0.05, 0.1) is 24.1 Å². The number of carbonyl (C=O) groups is 1. The van der Waals surface area contributed by atoms with E-state index < -0.39 is 0 Å². The number of anilines is 1. The Morgan fingerprint density at radius 1 is 1.23 bits per heavy atom. The molecule has 1 aromatic heterocycles. The summed E-state index contributed by atoms with van der Waals surface area (Å²) in [7, 11) is 1.64. The molecule has 134 valence electrons. The summed E-state index contributed by atoms with van der Waals surface area (Å²) in [5, 5.41) is 6.32. The summed E-state index contributed by atoms with van der Waals surface area (Å²) in [4.78, 5) is 17.3. The number of carbonyl (C=O) groups excluding carboxylic acids is 1. The molecular formula is C20H22N4O2. The van der Waals surface area contributed by atoms with Gasteiger partial charge in [0.1, 0.15) is 5.75 Å². The maximum atomic E-state index is 12.7. The molecule has 1 fully saturated rings. The number of methoxy groups -OCH3 is 1. The fourth-order valence-electron chi connectivity index (χ4n) is 3.39. The molecule has 2 heterocycles. The van der Waals surface area contributed by atoms with Crippen molar-refractivity contribution in [2.75, 3.05) is 25.5 Å². The highest BCUT2D eigenvalue weighted by molar-refractivity contribution is 5.94. The SMILES string of the molecule is COc1ccc(-n2c(NC(=O)C3CCCNC3)nc3ccccc32)cc1. The third-order valence-electron chi connectivity index (χ3n) is 4.79. The van der Waals surface area contributed by atoms with Gasteiger partial charge in [-0.2, -0.15) is 0 Å². The van der Waals surface area contributed by atoms with Gasteiger partial charge in [0.25, 0.3) is 0 Å². The first-order valence-corrected chi connectivity index (χ1v) is 8.90. The summed E-state index contributed by atoms with van der Waals surface area (Å²) in [5.41, 5.74) is 2.73. The van der Waals surface area contributed by atoms with E-state index in [-0.39, 0.29) is 11.8 Å². The van der Waals surface area contributed by atoms with Crippen molar-refractivity contribution in [3.05, 3.63) is 48.5 Å². The minimum atomic E-state index is -0.0205. The van der Waals surface area contributed by atoms with E-state index in [9.17, 15) is 4.79 Å². The van der Waals surface area contributed by atoms with Crippen molar-refractivity contribution >= 4 is 22.9 Å². The third-order valence-corrected chi connectivity index (χ3v) is 4.79. The largest absolute Gasteiger partial charge is 0.497 e. The Bertz CT molecular complexity index is 911. The van der Waals surface area contributed by atoms with Crippen molar-refractivity contribution in [1.29, 1.82) is 0 Å². The first kappa shape index (κ1) is 16.6. The molecule has 6 nitrogen and oxygen atoms in total. The fourth-order valence-corrected chi connectivity index (χ4v) is 3.39. The Hall–Kier alpha value is -2.86. The highest BCUT2D eigenvalue weighted by Gasteiger charge is 2.23. The maximum Gasteiger partial charge on any atom is 0.231 e. The van der Waals surface area contributed by atoms with Gasteiger partial charge in [-0.15, -0.1) is 0 Å². The number of amides is 1. The second kappa shape index (κ2) is 7.17. The molecule has 2 aromatic carbocycles. The second-order valence-corrected chi connectivity index (χ2v) is 6.49. The molecule has 2 N–H and O–H groups in total. The average Bonchev–Trinajstić information content (AvgIpc) is 3.06. The van der Waals surface area contributed by atoms with Crippen molar-refractivity contribution < 1.29 is 9.53 Å². The topological polar surface area (TPSA) is 68.2 Å². The molecule has 1 unspecified atom stereocenters. The lowest BCUT2D eigenvalue weighted by molar-refractivity contribution is -0.120. The van der Waals surface area contributed by atoms with Crippen LogP contribution < -0.4 is 15.4 Å². The molecule has 0 spiro atoms. The standard InChI is InChI=1S/C20H22N4O2/c1-26-16-10-8-15(9-11-16)24-18-7-3-2-6-17(18)22-20(24)23-19(25)14-5-4-12-21-13-14/h2-3,6-11,14,21H,4-5,12-13H2,1H3,(H,22,23,25). The van der Waals surface area contributed by atoms with E-state index in [1.54, 1.807) is 7.11 Å². The first-order valence-electron chi connectivity index (χ1n) is 8.90. The van der Waals surface area contributed by atoms with E-state index in [1.165, 1.54) is 0 Å². The summed E-state index contributed by atoms with van der Waals surface area (Å²) in [6.45, 7) is 1.70. The van der Waals surface area contributed by atoms with Crippen molar-refractivity contribution in [2.45, 2.75) is 12.8 Å². The second-order valence-electron chi connectivity index (χ2n) is 6.49. The smallest absolute Gasteiger partial charge is 0.231 e. The highest BCUT2D eigenvalue weighted by atomic mass is 16.5. The number of imidazole rings is 1. The van der Waals surface area contributed by atoms with Crippen LogP contribution in [0.4, 0.5) is 5.95 Å². The number of ether oxygens (including phenoxy) is 1. The van der Waals surface area contributed by atoms with E-state index in [4.69, 9.17) is 4.74 Å². The Kier molecular flexibility index (Phi) is 4.58. The van der Waals surface area contributed by atoms with E-state index in [1.807, 2.05) is 53.1 Å². The lowest BCUT2D eigenvalue weighted by Gasteiger charge is -2.22. The lowest BCUT2D eigenvalue weighted by Crippen LogP contribution is -2.37. The minimum Gasteiger partial charge on any atom is -0.497 e. The molecule has 0 aliphatic carbocycles. The molecule has 1 aliphatic heterocycles. The van der Waals surface area contributed by atoms with Crippen LogP contribution in [-0.4, -0.2) is 35.7 Å². The zero-order chi connectivity index (χ0) is 17.9. The number of piperidine rings is 1. The number of hydrogen-bond donors (Lipinski definition) is 2. The van der Waals surface area contributed by atoms with Crippen molar-refractivity contribution in [3.8, 4) is 11.4 Å². The normalized spacial score (nSPS) is 17.2. The van der Waals surface area contributed by atoms with E-state index in [2.05, 4.69) is 15.6 Å². The van der Waals surface area contributed by atoms with Gasteiger partial charge in [-0.25, -0.2) is 4.98 Å². The van der Waals surface area contributed by atoms with E-state index >= 15 is 0 Å².